The zero-order valence-corrected chi connectivity index (χ0v) is 11.2. The highest BCUT2D eigenvalue weighted by atomic mass is 35.5. The first-order valence-corrected chi connectivity index (χ1v) is 6.60. The van der Waals surface area contributed by atoms with Gasteiger partial charge in [-0.3, -0.25) is 9.63 Å². The van der Waals surface area contributed by atoms with Gasteiger partial charge in [0, 0.05) is 16.0 Å². The molecule has 18 heavy (non-hydrogen) atoms. The lowest BCUT2D eigenvalue weighted by Gasteiger charge is -2.00. The largest absolute Gasteiger partial charge is 0.294 e. The van der Waals surface area contributed by atoms with Crippen molar-refractivity contribution < 1.29 is 9.63 Å². The van der Waals surface area contributed by atoms with E-state index in [2.05, 4.69) is 10.5 Å². The van der Waals surface area contributed by atoms with Gasteiger partial charge in [-0.2, -0.15) is 0 Å². The fraction of sp³-hybridized carbons (Fsp3) is 0.167. The molecule has 0 saturated carbocycles. The van der Waals surface area contributed by atoms with E-state index in [4.69, 9.17) is 16.4 Å². The molecule has 1 amide bonds. The molecule has 0 aliphatic rings. The molecular formula is C12H11ClN2O2S. The summed E-state index contributed by atoms with van der Waals surface area (Å²) in [6.07, 6.45) is 0. The molecule has 1 N–H and O–H groups in total. The summed E-state index contributed by atoms with van der Waals surface area (Å²) in [6.45, 7) is 2.21. The molecular weight excluding hydrogens is 272 g/mol. The van der Waals surface area contributed by atoms with Crippen LogP contribution in [0.15, 0.2) is 29.6 Å². The molecule has 2 aromatic rings. The highest BCUT2D eigenvalue weighted by molar-refractivity contribution is 7.13. The molecule has 1 aromatic heterocycles. The smallest absolute Gasteiger partial charge is 0.274 e. The van der Waals surface area contributed by atoms with Crippen molar-refractivity contribution in [2.45, 2.75) is 6.92 Å². The van der Waals surface area contributed by atoms with Crippen molar-refractivity contribution in [3.63, 3.8) is 0 Å². The van der Waals surface area contributed by atoms with Gasteiger partial charge in [-0.1, -0.05) is 23.7 Å². The molecule has 0 spiro atoms. The van der Waals surface area contributed by atoms with Crippen molar-refractivity contribution in [3.05, 3.63) is 40.4 Å². The second kappa shape index (κ2) is 5.95. The number of carbonyl (C=O) groups excluding carboxylic acids is 1. The van der Waals surface area contributed by atoms with E-state index in [9.17, 15) is 4.79 Å². The summed E-state index contributed by atoms with van der Waals surface area (Å²) in [7, 11) is 0. The van der Waals surface area contributed by atoms with Crippen LogP contribution in [0.4, 0.5) is 0 Å². The molecule has 94 valence electrons. The van der Waals surface area contributed by atoms with Crippen molar-refractivity contribution in [1.82, 2.24) is 10.5 Å². The normalized spacial score (nSPS) is 10.3. The molecule has 4 nitrogen and oxygen atoms in total. The third-order valence-electron chi connectivity index (χ3n) is 2.14. The predicted molar refractivity (Wildman–Crippen MR) is 71.7 cm³/mol. The molecule has 0 atom stereocenters. The molecule has 1 heterocycles. The number of nitrogens with one attached hydrogen (secondary N) is 1. The van der Waals surface area contributed by atoms with Gasteiger partial charge in [-0.05, 0) is 19.1 Å². The number of amides is 1. The molecule has 0 aliphatic carbocycles. The van der Waals surface area contributed by atoms with Crippen LogP contribution in [-0.2, 0) is 4.84 Å². The van der Waals surface area contributed by atoms with Crippen LogP contribution in [0.1, 0.15) is 17.4 Å². The van der Waals surface area contributed by atoms with Gasteiger partial charge in [0.05, 0.1) is 6.61 Å². The lowest BCUT2D eigenvalue weighted by Crippen LogP contribution is -2.23. The fourth-order valence-electron chi connectivity index (χ4n) is 1.29. The molecule has 1 aromatic carbocycles. The summed E-state index contributed by atoms with van der Waals surface area (Å²) in [5.41, 5.74) is 3.58. The van der Waals surface area contributed by atoms with Crippen molar-refractivity contribution in [2.24, 2.45) is 0 Å². The Labute approximate surface area is 114 Å². The maximum absolute atomic E-state index is 11.6. The first-order valence-electron chi connectivity index (χ1n) is 5.34. The average molecular weight is 283 g/mol. The van der Waals surface area contributed by atoms with Crippen LogP contribution in [0.3, 0.4) is 0 Å². The van der Waals surface area contributed by atoms with Gasteiger partial charge in [0.1, 0.15) is 10.7 Å². The van der Waals surface area contributed by atoms with Gasteiger partial charge in [0.2, 0.25) is 0 Å². The fourth-order valence-corrected chi connectivity index (χ4v) is 2.23. The minimum absolute atomic E-state index is 0.340. The predicted octanol–water partition coefficient (Wildman–Crippen LogP) is 3.14. The third kappa shape index (κ3) is 3.07. The van der Waals surface area contributed by atoms with Gasteiger partial charge < -0.3 is 0 Å². The minimum Gasteiger partial charge on any atom is -0.274 e. The maximum atomic E-state index is 11.6. The van der Waals surface area contributed by atoms with Gasteiger partial charge in [-0.15, -0.1) is 11.3 Å². The monoisotopic (exact) mass is 282 g/mol. The van der Waals surface area contributed by atoms with E-state index in [1.165, 1.54) is 11.3 Å². The Bertz CT molecular complexity index is 539. The zero-order valence-electron chi connectivity index (χ0n) is 9.64. The Morgan fingerprint density at radius 2 is 2.17 bits per heavy atom. The summed E-state index contributed by atoms with van der Waals surface area (Å²) in [4.78, 5) is 20.7. The van der Waals surface area contributed by atoms with Crippen LogP contribution in [0.5, 0.6) is 0 Å². The van der Waals surface area contributed by atoms with Crippen LogP contribution in [0.25, 0.3) is 10.6 Å². The summed E-state index contributed by atoms with van der Waals surface area (Å²) in [5.74, 6) is -0.340. The van der Waals surface area contributed by atoms with E-state index < -0.39 is 0 Å². The number of nitrogens with zero attached hydrogens (tertiary/aromatic N) is 1. The Morgan fingerprint density at radius 3 is 2.83 bits per heavy atom. The molecule has 6 heteroatoms. The molecule has 0 saturated heterocycles. The standard InChI is InChI=1S/C12H11ClN2O2S/c1-2-17-15-11(16)10-7-18-12(14-10)8-3-5-9(13)6-4-8/h3-7H,2H2,1H3,(H,15,16). The summed E-state index contributed by atoms with van der Waals surface area (Å²) in [5, 5.41) is 3.14. The van der Waals surface area contributed by atoms with E-state index >= 15 is 0 Å². The van der Waals surface area contributed by atoms with Crippen LogP contribution in [0, 0.1) is 0 Å². The first kappa shape index (κ1) is 13.0. The zero-order chi connectivity index (χ0) is 13.0. The van der Waals surface area contributed by atoms with Crippen molar-refractivity contribution in [1.29, 1.82) is 0 Å². The number of benzene rings is 1. The maximum Gasteiger partial charge on any atom is 0.294 e. The number of carbonyl (C=O) groups is 1. The molecule has 0 fully saturated rings. The summed E-state index contributed by atoms with van der Waals surface area (Å²) >= 11 is 7.21. The molecule has 0 bridgehead atoms. The van der Waals surface area contributed by atoms with E-state index in [1.54, 1.807) is 24.4 Å². The SMILES string of the molecule is CCONC(=O)c1csc(-c2ccc(Cl)cc2)n1. The highest BCUT2D eigenvalue weighted by Crippen LogP contribution is 2.24. The Hall–Kier alpha value is -1.43. The summed E-state index contributed by atoms with van der Waals surface area (Å²) < 4.78 is 0. The van der Waals surface area contributed by atoms with E-state index in [1.807, 2.05) is 12.1 Å². The molecule has 0 aliphatic heterocycles. The lowest BCUT2D eigenvalue weighted by molar-refractivity contribution is 0.0360. The number of hydrogen-bond acceptors (Lipinski definition) is 4. The Kier molecular flexibility index (Phi) is 4.30. The number of halogens is 1. The Balaban J connectivity index is 2.15. The van der Waals surface area contributed by atoms with E-state index in [0.717, 1.165) is 10.6 Å². The van der Waals surface area contributed by atoms with Crippen LogP contribution < -0.4 is 5.48 Å². The summed E-state index contributed by atoms with van der Waals surface area (Å²) in [6, 6.07) is 7.31. The average Bonchev–Trinajstić information content (AvgIpc) is 2.86. The van der Waals surface area contributed by atoms with E-state index in [-0.39, 0.29) is 5.91 Å². The van der Waals surface area contributed by atoms with Gasteiger partial charge >= 0.3 is 0 Å². The highest BCUT2D eigenvalue weighted by Gasteiger charge is 2.11. The first-order chi connectivity index (χ1) is 8.70. The molecule has 0 radical (unpaired) electrons. The molecule has 0 unspecified atom stereocenters. The Morgan fingerprint density at radius 1 is 1.44 bits per heavy atom. The van der Waals surface area contributed by atoms with Crippen molar-refractivity contribution >= 4 is 28.8 Å². The quantitative estimate of drug-likeness (QED) is 0.877. The van der Waals surface area contributed by atoms with Crippen LogP contribution in [-0.4, -0.2) is 17.5 Å². The lowest BCUT2D eigenvalue weighted by atomic mass is 10.2. The number of rotatable bonds is 4. The second-order valence-corrected chi connectivity index (χ2v) is 4.70. The topological polar surface area (TPSA) is 51.2 Å². The third-order valence-corrected chi connectivity index (χ3v) is 3.28. The minimum atomic E-state index is -0.340. The number of aromatic nitrogens is 1. The van der Waals surface area contributed by atoms with Crippen LogP contribution in [0.2, 0.25) is 5.02 Å². The van der Waals surface area contributed by atoms with Gasteiger partial charge in [-0.25, -0.2) is 10.5 Å². The van der Waals surface area contributed by atoms with Crippen molar-refractivity contribution in [2.75, 3.05) is 6.61 Å². The van der Waals surface area contributed by atoms with Gasteiger partial charge in [0.25, 0.3) is 5.91 Å². The van der Waals surface area contributed by atoms with E-state index in [0.29, 0.717) is 17.3 Å². The van der Waals surface area contributed by atoms with Crippen LogP contribution >= 0.6 is 22.9 Å². The number of thiazole rings is 1. The van der Waals surface area contributed by atoms with Crippen molar-refractivity contribution in [3.8, 4) is 10.6 Å². The molecule has 2 rings (SSSR count). The number of hydrogen-bond donors (Lipinski definition) is 1. The second-order valence-electron chi connectivity index (χ2n) is 3.41. The number of hydroxylamine groups is 1. The van der Waals surface area contributed by atoms with Gasteiger partial charge in [0.15, 0.2) is 0 Å².